The van der Waals surface area contributed by atoms with Gasteiger partial charge < -0.3 is 9.84 Å². The number of aryl methyl sites for hydroxylation is 2. The van der Waals surface area contributed by atoms with Crippen molar-refractivity contribution in [2.24, 2.45) is 0 Å². The summed E-state index contributed by atoms with van der Waals surface area (Å²) in [6, 6.07) is 26.3. The van der Waals surface area contributed by atoms with E-state index in [0.29, 0.717) is 39.2 Å². The highest BCUT2D eigenvalue weighted by Gasteiger charge is 2.47. The number of halogens is 2. The van der Waals surface area contributed by atoms with Crippen LogP contribution in [0.1, 0.15) is 33.9 Å². The van der Waals surface area contributed by atoms with Gasteiger partial charge in [-0.2, -0.15) is 0 Å². The Morgan fingerprint density at radius 1 is 0.872 bits per heavy atom. The number of Topliss-reactive ketones (excluding diaryl/α,β-unsaturated/α-hetero) is 1. The highest BCUT2D eigenvalue weighted by Crippen LogP contribution is 2.43. The van der Waals surface area contributed by atoms with E-state index in [1.165, 1.54) is 4.90 Å². The summed E-state index contributed by atoms with van der Waals surface area (Å²) in [5.41, 5.74) is 4.17. The minimum absolute atomic E-state index is 0.0148. The molecule has 1 saturated heterocycles. The summed E-state index contributed by atoms with van der Waals surface area (Å²) in [6.45, 7) is 4.18. The average molecular weight is 558 g/mol. The lowest BCUT2D eigenvalue weighted by Gasteiger charge is -2.26. The van der Waals surface area contributed by atoms with Gasteiger partial charge in [0.1, 0.15) is 18.1 Å². The lowest BCUT2D eigenvalue weighted by molar-refractivity contribution is -0.132. The van der Waals surface area contributed by atoms with Crippen LogP contribution in [-0.4, -0.2) is 16.8 Å². The van der Waals surface area contributed by atoms with Crippen molar-refractivity contribution in [1.29, 1.82) is 0 Å². The van der Waals surface area contributed by atoms with E-state index in [0.717, 1.165) is 16.7 Å². The maximum absolute atomic E-state index is 13.5. The molecule has 1 amide bonds. The second kappa shape index (κ2) is 11.0. The third-order valence-electron chi connectivity index (χ3n) is 6.61. The molecular weight excluding hydrogens is 533 g/mol. The molecule has 0 saturated carbocycles. The van der Waals surface area contributed by atoms with Gasteiger partial charge in [0.25, 0.3) is 11.7 Å². The van der Waals surface area contributed by atoms with Crippen LogP contribution in [0.5, 0.6) is 5.75 Å². The van der Waals surface area contributed by atoms with Crippen LogP contribution in [0.25, 0.3) is 5.76 Å². The van der Waals surface area contributed by atoms with E-state index < -0.39 is 17.7 Å². The van der Waals surface area contributed by atoms with Crippen LogP contribution >= 0.6 is 23.2 Å². The topological polar surface area (TPSA) is 66.8 Å². The Morgan fingerprint density at radius 3 is 2.26 bits per heavy atom. The maximum Gasteiger partial charge on any atom is 0.300 e. The molecule has 1 aliphatic rings. The molecule has 1 N–H and O–H groups in total. The van der Waals surface area contributed by atoms with Crippen LogP contribution in [0.15, 0.2) is 96.6 Å². The fourth-order valence-electron chi connectivity index (χ4n) is 4.78. The fraction of sp³-hybridized carbons (Fsp3) is 0.125. The molecule has 39 heavy (non-hydrogen) atoms. The van der Waals surface area contributed by atoms with Crippen LogP contribution in [0, 0.1) is 13.8 Å². The number of nitrogens with zero attached hydrogens (tertiary/aromatic N) is 1. The van der Waals surface area contributed by atoms with Gasteiger partial charge in [0.05, 0.1) is 11.6 Å². The predicted octanol–water partition coefficient (Wildman–Crippen LogP) is 7.82. The van der Waals surface area contributed by atoms with E-state index in [1.807, 2.05) is 68.4 Å². The van der Waals surface area contributed by atoms with Crippen molar-refractivity contribution in [3.8, 4) is 5.75 Å². The number of hydrogen-bond acceptors (Lipinski definition) is 4. The number of carbonyl (C=O) groups is 2. The van der Waals surface area contributed by atoms with Crippen molar-refractivity contribution in [3.05, 3.63) is 134 Å². The van der Waals surface area contributed by atoms with Crippen LogP contribution in [0.4, 0.5) is 5.69 Å². The third-order valence-corrected chi connectivity index (χ3v) is 7.05. The van der Waals surface area contributed by atoms with E-state index in [9.17, 15) is 14.7 Å². The van der Waals surface area contributed by atoms with Gasteiger partial charge in [-0.25, -0.2) is 0 Å². The minimum atomic E-state index is -0.881. The van der Waals surface area contributed by atoms with Crippen LogP contribution in [-0.2, 0) is 16.2 Å². The predicted molar refractivity (Wildman–Crippen MR) is 154 cm³/mol. The molecule has 196 valence electrons. The summed E-state index contributed by atoms with van der Waals surface area (Å²) in [7, 11) is 0. The standard InChI is InChI=1S/C32H25Cl2NO4/c1-19-7-6-10-22(13-19)29-28(31(37)32(38)35(29)26-16-24(33)15-25(34)17-26)30(36)23-11-12-27(20(2)14-23)39-18-21-8-4-3-5-9-21/h3-17,29,36H,18H2,1-2H3/b30-28+. The molecule has 1 aliphatic heterocycles. The van der Waals surface area contributed by atoms with Gasteiger partial charge in [0, 0.05) is 21.3 Å². The van der Waals surface area contributed by atoms with E-state index in [1.54, 1.807) is 36.4 Å². The molecule has 0 aliphatic carbocycles. The van der Waals surface area contributed by atoms with Crippen LogP contribution in [0.2, 0.25) is 10.0 Å². The number of anilines is 1. The Bertz CT molecular complexity index is 1590. The number of rotatable bonds is 6. The lowest BCUT2D eigenvalue weighted by atomic mass is 9.94. The van der Waals surface area contributed by atoms with Crippen molar-refractivity contribution in [1.82, 2.24) is 0 Å². The number of amides is 1. The van der Waals surface area contributed by atoms with Crippen molar-refractivity contribution in [2.75, 3.05) is 4.90 Å². The first kappa shape index (κ1) is 26.5. The molecule has 0 bridgehead atoms. The Labute approximate surface area is 236 Å². The minimum Gasteiger partial charge on any atom is -0.507 e. The third kappa shape index (κ3) is 5.42. The largest absolute Gasteiger partial charge is 0.507 e. The average Bonchev–Trinajstić information content (AvgIpc) is 3.17. The number of aliphatic hydroxyl groups is 1. The van der Waals surface area contributed by atoms with Gasteiger partial charge in [-0.1, -0.05) is 83.4 Å². The van der Waals surface area contributed by atoms with Gasteiger partial charge >= 0.3 is 0 Å². The number of ether oxygens (including phenoxy) is 1. The zero-order valence-corrected chi connectivity index (χ0v) is 22.8. The summed E-state index contributed by atoms with van der Waals surface area (Å²) in [5, 5.41) is 12.1. The number of hydrogen-bond donors (Lipinski definition) is 1. The smallest absolute Gasteiger partial charge is 0.300 e. The number of benzene rings is 4. The van der Waals surface area contributed by atoms with E-state index in [-0.39, 0.29) is 11.3 Å². The van der Waals surface area contributed by atoms with Crippen molar-refractivity contribution >= 4 is 46.3 Å². The Balaban J connectivity index is 1.58. The highest BCUT2D eigenvalue weighted by molar-refractivity contribution is 6.52. The van der Waals surface area contributed by atoms with Gasteiger partial charge in [-0.05, 0) is 66.9 Å². The molecule has 1 fully saturated rings. The van der Waals surface area contributed by atoms with E-state index in [4.69, 9.17) is 27.9 Å². The lowest BCUT2D eigenvalue weighted by Crippen LogP contribution is -2.29. The summed E-state index contributed by atoms with van der Waals surface area (Å²) < 4.78 is 5.97. The summed E-state index contributed by atoms with van der Waals surface area (Å²) in [4.78, 5) is 28.2. The molecule has 5 nitrogen and oxygen atoms in total. The maximum atomic E-state index is 13.5. The Hall–Kier alpha value is -4.06. The van der Waals surface area contributed by atoms with Gasteiger partial charge in [0.15, 0.2) is 0 Å². The first-order valence-corrected chi connectivity index (χ1v) is 13.1. The SMILES string of the molecule is Cc1cccc(C2/C(=C(\O)c3ccc(OCc4ccccc4)c(C)c3)C(=O)C(=O)N2c2cc(Cl)cc(Cl)c2)c1. The van der Waals surface area contributed by atoms with Crippen molar-refractivity contribution in [3.63, 3.8) is 0 Å². The van der Waals surface area contributed by atoms with Gasteiger partial charge in [-0.15, -0.1) is 0 Å². The molecule has 1 heterocycles. The van der Waals surface area contributed by atoms with Gasteiger partial charge in [-0.3, -0.25) is 14.5 Å². The number of aliphatic hydroxyl groups excluding tert-OH is 1. The first-order chi connectivity index (χ1) is 18.7. The quantitative estimate of drug-likeness (QED) is 0.149. The number of carbonyl (C=O) groups excluding carboxylic acids is 2. The summed E-state index contributed by atoms with van der Waals surface area (Å²) in [5.74, 6) is -1.19. The molecule has 0 spiro atoms. The molecule has 0 aromatic heterocycles. The fourth-order valence-corrected chi connectivity index (χ4v) is 5.30. The zero-order chi connectivity index (χ0) is 27.7. The first-order valence-electron chi connectivity index (χ1n) is 12.3. The highest BCUT2D eigenvalue weighted by atomic mass is 35.5. The molecule has 7 heteroatoms. The molecular formula is C32H25Cl2NO4. The Kier molecular flexibility index (Phi) is 7.47. The van der Waals surface area contributed by atoms with E-state index >= 15 is 0 Å². The van der Waals surface area contributed by atoms with Crippen LogP contribution in [0.3, 0.4) is 0 Å². The van der Waals surface area contributed by atoms with Crippen LogP contribution < -0.4 is 9.64 Å². The number of ketones is 1. The van der Waals surface area contributed by atoms with Crippen molar-refractivity contribution < 1.29 is 19.4 Å². The molecule has 4 aromatic rings. The molecule has 0 radical (unpaired) electrons. The molecule has 1 atom stereocenters. The summed E-state index contributed by atoms with van der Waals surface area (Å²) in [6.07, 6.45) is 0. The second-order valence-corrected chi connectivity index (χ2v) is 10.3. The molecule has 1 unspecified atom stereocenters. The molecule has 5 rings (SSSR count). The van der Waals surface area contributed by atoms with Gasteiger partial charge in [0.2, 0.25) is 0 Å². The Morgan fingerprint density at radius 2 is 1.59 bits per heavy atom. The van der Waals surface area contributed by atoms with E-state index in [2.05, 4.69) is 0 Å². The monoisotopic (exact) mass is 557 g/mol. The summed E-state index contributed by atoms with van der Waals surface area (Å²) >= 11 is 12.5. The zero-order valence-electron chi connectivity index (χ0n) is 21.3. The molecule has 4 aromatic carbocycles. The van der Waals surface area contributed by atoms with Crippen molar-refractivity contribution in [2.45, 2.75) is 26.5 Å². The normalized spacial score (nSPS) is 16.5. The second-order valence-electron chi connectivity index (χ2n) is 9.47.